The molecule has 2 fully saturated rings. The number of carbonyl (C=O) groups is 2. The summed E-state index contributed by atoms with van der Waals surface area (Å²) in [5, 5.41) is 1.92. The highest BCUT2D eigenvalue weighted by Gasteiger charge is 2.56. The van der Waals surface area contributed by atoms with Crippen LogP contribution >= 0.6 is 0 Å². The predicted octanol–water partition coefficient (Wildman–Crippen LogP) is 2.62. The second kappa shape index (κ2) is 7.11. The third kappa shape index (κ3) is 3.17. The van der Waals surface area contributed by atoms with Gasteiger partial charge in [-0.25, -0.2) is 14.6 Å². The van der Waals surface area contributed by atoms with Crippen LogP contribution in [0.2, 0.25) is 0 Å². The van der Waals surface area contributed by atoms with Crippen molar-refractivity contribution in [1.82, 2.24) is 9.88 Å². The Balaban J connectivity index is 1.50. The summed E-state index contributed by atoms with van der Waals surface area (Å²) in [4.78, 5) is 32.5. The zero-order valence-electron chi connectivity index (χ0n) is 16.6. The third-order valence-electron chi connectivity index (χ3n) is 5.58. The Morgan fingerprint density at radius 1 is 0.967 bits per heavy atom. The van der Waals surface area contributed by atoms with Gasteiger partial charge in [-0.05, 0) is 23.9 Å². The van der Waals surface area contributed by atoms with Crippen LogP contribution in [0.25, 0.3) is 10.8 Å². The molecule has 0 atom stereocenters. The molecule has 2 saturated heterocycles. The molecule has 3 heterocycles. The number of aromatic nitrogens is 1. The van der Waals surface area contributed by atoms with Crippen molar-refractivity contribution in [2.45, 2.75) is 19.4 Å². The topological polar surface area (TPSA) is 72.0 Å². The Morgan fingerprint density at radius 2 is 1.70 bits per heavy atom. The van der Waals surface area contributed by atoms with E-state index in [1.807, 2.05) is 37.3 Å². The van der Waals surface area contributed by atoms with E-state index < -0.39 is 17.8 Å². The molecule has 1 aromatic heterocycles. The second-order valence-electron chi connectivity index (χ2n) is 7.70. The summed E-state index contributed by atoms with van der Waals surface area (Å²) in [5.74, 6) is -2.84. The average Bonchev–Trinajstić information content (AvgIpc) is 3.03. The molecule has 30 heavy (non-hydrogen) atoms. The number of hydrogen-bond donors (Lipinski definition) is 0. The van der Waals surface area contributed by atoms with Gasteiger partial charge in [-0.3, -0.25) is 9.80 Å². The van der Waals surface area contributed by atoms with Gasteiger partial charge in [0.05, 0.1) is 6.54 Å². The van der Waals surface area contributed by atoms with Crippen LogP contribution in [-0.2, 0) is 25.6 Å². The van der Waals surface area contributed by atoms with Gasteiger partial charge in [0, 0.05) is 31.2 Å². The maximum atomic E-state index is 12.0. The molecule has 0 N–H and O–H groups in total. The Labute approximate surface area is 173 Å². The van der Waals surface area contributed by atoms with Crippen LogP contribution in [0.4, 0.5) is 5.82 Å². The van der Waals surface area contributed by atoms with Gasteiger partial charge < -0.3 is 9.47 Å². The van der Waals surface area contributed by atoms with Gasteiger partial charge in [0.15, 0.2) is 0 Å². The minimum Gasteiger partial charge on any atom is -0.394 e. The second-order valence-corrected chi connectivity index (χ2v) is 7.70. The number of nitrogens with zero attached hydrogens (tertiary/aromatic N) is 3. The number of carbonyl (C=O) groups excluding carboxylic acids is 2. The smallest absolute Gasteiger partial charge is 0.394 e. The average molecular weight is 403 g/mol. The molecule has 0 bridgehead atoms. The number of anilines is 1. The monoisotopic (exact) mass is 403 g/mol. The predicted molar refractivity (Wildman–Crippen MR) is 110 cm³/mol. The van der Waals surface area contributed by atoms with E-state index in [1.165, 1.54) is 5.56 Å². The Bertz CT molecular complexity index is 1110. The van der Waals surface area contributed by atoms with Gasteiger partial charge in [-0.2, -0.15) is 0 Å². The van der Waals surface area contributed by atoms with Gasteiger partial charge in [-0.15, -0.1) is 0 Å². The highest BCUT2D eigenvalue weighted by atomic mass is 16.8. The van der Waals surface area contributed by atoms with E-state index in [4.69, 9.17) is 9.47 Å². The maximum Gasteiger partial charge on any atom is 0.422 e. The van der Waals surface area contributed by atoms with Crippen molar-refractivity contribution in [2.24, 2.45) is 0 Å². The molecule has 0 saturated carbocycles. The van der Waals surface area contributed by atoms with Crippen LogP contribution in [0.15, 0.2) is 60.8 Å². The van der Waals surface area contributed by atoms with Crippen LogP contribution in [0.3, 0.4) is 0 Å². The van der Waals surface area contributed by atoms with Gasteiger partial charge in [-0.1, -0.05) is 54.1 Å². The quantitative estimate of drug-likeness (QED) is 0.492. The molecular formula is C23H21N3O4. The van der Waals surface area contributed by atoms with Crippen LogP contribution in [0, 0.1) is 6.92 Å². The fourth-order valence-corrected chi connectivity index (χ4v) is 4.10. The minimum atomic E-state index is -1.52. The lowest BCUT2D eigenvalue weighted by atomic mass is 10.1. The number of piperazine rings is 1. The molecule has 7 nitrogen and oxygen atoms in total. The van der Waals surface area contributed by atoms with Crippen molar-refractivity contribution in [3.05, 3.63) is 71.9 Å². The Kier molecular flexibility index (Phi) is 4.40. The number of pyridine rings is 1. The van der Waals surface area contributed by atoms with Crippen LogP contribution < -0.4 is 4.90 Å². The molecule has 3 aromatic rings. The molecule has 0 radical (unpaired) electrons. The summed E-state index contributed by atoms with van der Waals surface area (Å²) in [7, 11) is 0. The number of benzene rings is 2. The largest absolute Gasteiger partial charge is 0.422 e. The first-order valence-electron chi connectivity index (χ1n) is 9.90. The van der Waals surface area contributed by atoms with Crippen LogP contribution in [0.1, 0.15) is 11.1 Å². The van der Waals surface area contributed by atoms with Crippen molar-refractivity contribution in [1.29, 1.82) is 0 Å². The summed E-state index contributed by atoms with van der Waals surface area (Å²) in [6, 6.07) is 18.0. The Morgan fingerprint density at radius 3 is 2.47 bits per heavy atom. The molecule has 0 unspecified atom stereocenters. The summed E-state index contributed by atoms with van der Waals surface area (Å²) in [6.45, 7) is 4.15. The zero-order valence-corrected chi connectivity index (χ0v) is 16.6. The fraction of sp³-hybridized carbons (Fsp3) is 0.261. The van der Waals surface area contributed by atoms with Crippen LogP contribution in [-0.4, -0.2) is 47.4 Å². The lowest BCUT2D eigenvalue weighted by Gasteiger charge is -2.45. The maximum absolute atomic E-state index is 12.0. The van der Waals surface area contributed by atoms with Gasteiger partial charge in [0.2, 0.25) is 0 Å². The van der Waals surface area contributed by atoms with Gasteiger partial charge in [0.25, 0.3) is 0 Å². The van der Waals surface area contributed by atoms with Crippen molar-refractivity contribution in [3.8, 4) is 0 Å². The first-order chi connectivity index (χ1) is 14.5. The number of rotatable bonds is 3. The minimum absolute atomic E-state index is 0.239. The highest BCUT2D eigenvalue weighted by Crippen LogP contribution is 2.36. The zero-order chi connectivity index (χ0) is 20.7. The van der Waals surface area contributed by atoms with E-state index in [1.54, 1.807) is 11.1 Å². The number of aryl methyl sites for hydroxylation is 1. The van der Waals surface area contributed by atoms with Crippen molar-refractivity contribution < 1.29 is 19.1 Å². The molecule has 7 heteroatoms. The van der Waals surface area contributed by atoms with E-state index in [9.17, 15) is 9.59 Å². The van der Waals surface area contributed by atoms with E-state index in [0.717, 1.165) is 16.3 Å². The van der Waals surface area contributed by atoms with Crippen molar-refractivity contribution >= 4 is 28.5 Å². The molecule has 2 aliphatic heterocycles. The van der Waals surface area contributed by atoms with Crippen molar-refractivity contribution in [2.75, 3.05) is 24.5 Å². The van der Waals surface area contributed by atoms with Gasteiger partial charge in [0.1, 0.15) is 5.82 Å². The molecule has 1 spiro atoms. The standard InChI is InChI=1S/C23H21N3O4/c1-16-6-8-17(9-7-16)14-25-12-13-26(23(15-25)29-21(27)22(28)30-23)20-19-5-3-2-4-18(19)10-11-24-20/h2-11H,12-15H2,1H3. The molecule has 5 rings (SSSR count). The first kappa shape index (κ1) is 18.6. The van der Waals surface area contributed by atoms with E-state index in [-0.39, 0.29) is 6.54 Å². The molecular weight excluding hydrogens is 382 g/mol. The normalized spacial score (nSPS) is 18.6. The van der Waals surface area contributed by atoms with E-state index >= 15 is 0 Å². The molecule has 2 aromatic carbocycles. The molecule has 0 amide bonds. The number of hydrogen-bond acceptors (Lipinski definition) is 7. The lowest BCUT2D eigenvalue weighted by molar-refractivity contribution is -0.193. The summed E-state index contributed by atoms with van der Waals surface area (Å²) in [5.41, 5.74) is 2.34. The van der Waals surface area contributed by atoms with Crippen LogP contribution in [0.5, 0.6) is 0 Å². The first-order valence-corrected chi connectivity index (χ1v) is 9.90. The Hall–Kier alpha value is -3.45. The number of esters is 2. The van der Waals surface area contributed by atoms with Crippen molar-refractivity contribution in [3.63, 3.8) is 0 Å². The summed E-state index contributed by atoms with van der Waals surface area (Å²) < 4.78 is 11.1. The SMILES string of the molecule is Cc1ccc(CN2CCN(c3nccc4ccccc34)C3(C2)OC(=O)C(=O)O3)cc1. The van der Waals surface area contributed by atoms with Gasteiger partial charge >= 0.3 is 17.8 Å². The van der Waals surface area contributed by atoms with E-state index in [0.29, 0.717) is 25.5 Å². The number of ether oxygens (including phenoxy) is 2. The fourth-order valence-electron chi connectivity index (χ4n) is 4.10. The highest BCUT2D eigenvalue weighted by molar-refractivity contribution is 6.31. The molecule has 2 aliphatic rings. The number of fused-ring (bicyclic) bond motifs is 1. The van der Waals surface area contributed by atoms with E-state index in [2.05, 4.69) is 34.1 Å². The third-order valence-corrected chi connectivity index (χ3v) is 5.58. The molecule has 152 valence electrons. The molecule has 0 aliphatic carbocycles. The summed E-state index contributed by atoms with van der Waals surface area (Å²) >= 11 is 0. The summed E-state index contributed by atoms with van der Waals surface area (Å²) in [6.07, 6.45) is 1.71. The lowest BCUT2D eigenvalue weighted by Crippen LogP contribution is -2.63.